The van der Waals surface area contributed by atoms with Crippen molar-refractivity contribution in [3.63, 3.8) is 0 Å². The van der Waals surface area contributed by atoms with Crippen molar-refractivity contribution in [3.05, 3.63) is 95.2 Å². The van der Waals surface area contributed by atoms with Gasteiger partial charge in [0.1, 0.15) is 17.1 Å². The van der Waals surface area contributed by atoms with Crippen LogP contribution in [0.25, 0.3) is 66.6 Å². The van der Waals surface area contributed by atoms with E-state index in [0.717, 1.165) is 126 Å². The Kier molecular flexibility index (Phi) is 11.1. The molecule has 4 bridgehead atoms. The molecule has 0 spiro atoms. The van der Waals surface area contributed by atoms with E-state index in [1.165, 1.54) is 12.8 Å². The molecular formula is C53H60N12O4. The number of hydrogen-bond acceptors (Lipinski definition) is 13. The maximum Gasteiger partial charge on any atom is 0.410 e. The zero-order valence-corrected chi connectivity index (χ0v) is 40.7. The molecule has 0 unspecified atom stereocenters. The van der Waals surface area contributed by atoms with Gasteiger partial charge in [-0.2, -0.15) is 0 Å². The van der Waals surface area contributed by atoms with Gasteiger partial charge in [-0.1, -0.05) is 34.6 Å². The van der Waals surface area contributed by atoms with Crippen LogP contribution in [0.4, 0.5) is 16.7 Å². The minimum atomic E-state index is -0.510. The van der Waals surface area contributed by atoms with E-state index in [1.54, 1.807) is 0 Å². The Morgan fingerprint density at radius 2 is 1.26 bits per heavy atom. The second kappa shape index (κ2) is 17.2. The largest absolute Gasteiger partial charge is 0.444 e. The molecule has 6 aromatic heterocycles. The molecule has 69 heavy (non-hydrogen) atoms. The van der Waals surface area contributed by atoms with Gasteiger partial charge in [0.25, 0.3) is 0 Å². The molecule has 356 valence electrons. The number of fused-ring (bicyclic) bond motifs is 6. The number of H-pyrrole nitrogens is 2. The lowest BCUT2D eigenvalue weighted by atomic mass is 9.96. The lowest BCUT2D eigenvalue weighted by Gasteiger charge is -2.28. The van der Waals surface area contributed by atoms with E-state index >= 15 is 0 Å². The first kappa shape index (κ1) is 44.4. The van der Waals surface area contributed by atoms with Gasteiger partial charge < -0.3 is 44.6 Å². The maximum atomic E-state index is 12.9. The lowest BCUT2D eigenvalue weighted by molar-refractivity contribution is 0.0214. The first-order valence-corrected chi connectivity index (χ1v) is 24.2. The highest BCUT2D eigenvalue weighted by Gasteiger charge is 2.50. The standard InChI is InChI=1S/C29H34N6O3.C24H26N6O/c1-15-13-31-27(32-23-12-19-8-10-24(23)35(19)28(36)37-29(4,5)6)33-26(15)21-14-30-22-11-18(7-9-20(21)22)25-16(2)34-38-17(25)3;1-12-10-26-24(28-21-9-16-5-7-19(21)27-16)29-23(12)18-11-25-20-8-15(4-6-17(18)20)22-13(2)30-31-14(22)3/h7,9,11,13-14,19,23-24,30H,8,10,12H2,1-6H3,(H,31,32,33);4,6,8,10-11,16,19,21,25,27H,5,7,9H2,1-3H3,(H,26,28,29)/t19-,23+,24+;16-,19+,21+/m00/s1. The number of hydrogen-bond donors (Lipinski definition) is 5. The van der Waals surface area contributed by atoms with E-state index < -0.39 is 5.60 Å². The van der Waals surface area contributed by atoms with Crippen molar-refractivity contribution in [1.29, 1.82) is 0 Å². The van der Waals surface area contributed by atoms with Gasteiger partial charge in [-0.3, -0.25) is 0 Å². The molecular weight excluding hydrogens is 869 g/mol. The first-order valence-electron chi connectivity index (χ1n) is 24.2. The number of amides is 1. The number of carbonyl (C=O) groups excluding carboxylic acids is 1. The summed E-state index contributed by atoms with van der Waals surface area (Å²) >= 11 is 0. The Balaban J connectivity index is 0.000000154. The second-order valence-corrected chi connectivity index (χ2v) is 20.5. The van der Waals surface area contributed by atoms with Crippen LogP contribution in [0, 0.1) is 41.5 Å². The van der Waals surface area contributed by atoms with Crippen molar-refractivity contribution >= 4 is 39.8 Å². The summed E-state index contributed by atoms with van der Waals surface area (Å²) in [5, 5.41) is 21.2. The molecule has 0 saturated carbocycles. The summed E-state index contributed by atoms with van der Waals surface area (Å²) in [5.74, 6) is 2.93. The molecule has 16 heteroatoms. The van der Waals surface area contributed by atoms with Crippen LogP contribution in [0.5, 0.6) is 0 Å². The van der Waals surface area contributed by atoms with E-state index in [1.807, 2.05) is 85.1 Å². The third-order valence-corrected chi connectivity index (χ3v) is 14.5. The van der Waals surface area contributed by atoms with Gasteiger partial charge in [-0.15, -0.1) is 0 Å². The summed E-state index contributed by atoms with van der Waals surface area (Å²) in [6.07, 6.45) is 14.1. The minimum absolute atomic E-state index is 0.0824. The molecule has 0 aliphatic carbocycles. The van der Waals surface area contributed by atoms with Crippen molar-refractivity contribution in [2.24, 2.45) is 0 Å². The highest BCUT2D eigenvalue weighted by atomic mass is 16.6. The Morgan fingerprint density at radius 1 is 0.710 bits per heavy atom. The Bertz CT molecular complexity index is 3210. The fourth-order valence-electron chi connectivity index (χ4n) is 11.4. The molecule has 2 aromatic carbocycles. The Morgan fingerprint density at radius 3 is 1.74 bits per heavy atom. The van der Waals surface area contributed by atoms with Gasteiger partial charge >= 0.3 is 6.09 Å². The molecule has 16 nitrogen and oxygen atoms in total. The first-order chi connectivity index (χ1) is 33.2. The third-order valence-electron chi connectivity index (χ3n) is 14.5. The predicted octanol–water partition coefficient (Wildman–Crippen LogP) is 10.7. The Labute approximate surface area is 400 Å². The average Bonchev–Trinajstić information content (AvgIpc) is 4.20. The smallest absolute Gasteiger partial charge is 0.410 e. The van der Waals surface area contributed by atoms with Crippen LogP contribution in [0.3, 0.4) is 0 Å². The summed E-state index contributed by atoms with van der Waals surface area (Å²) in [7, 11) is 0. The Hall–Kier alpha value is -7.07. The highest BCUT2D eigenvalue weighted by Crippen LogP contribution is 2.41. The monoisotopic (exact) mass is 928 g/mol. The summed E-state index contributed by atoms with van der Waals surface area (Å²) in [4.78, 5) is 40.6. The zero-order chi connectivity index (χ0) is 47.9. The van der Waals surface area contributed by atoms with Gasteiger partial charge in [0.05, 0.1) is 34.9 Å². The van der Waals surface area contributed by atoms with Gasteiger partial charge in [0.2, 0.25) is 11.9 Å². The number of anilines is 2. The number of ether oxygens (including phenoxy) is 1. The van der Waals surface area contributed by atoms with E-state index in [-0.39, 0.29) is 24.2 Å². The zero-order valence-electron chi connectivity index (χ0n) is 40.7. The molecule has 4 fully saturated rings. The van der Waals surface area contributed by atoms with Gasteiger partial charge in [0.15, 0.2) is 0 Å². The van der Waals surface area contributed by atoms with Gasteiger partial charge in [-0.05, 0) is 135 Å². The highest BCUT2D eigenvalue weighted by molar-refractivity contribution is 5.98. The molecule has 4 aliphatic rings. The number of aromatic nitrogens is 8. The molecule has 4 aliphatic heterocycles. The summed E-state index contributed by atoms with van der Waals surface area (Å²) in [6.45, 7) is 17.6. The van der Waals surface area contributed by atoms with Crippen molar-refractivity contribution in [3.8, 4) is 44.8 Å². The lowest BCUT2D eigenvalue weighted by Crippen LogP contribution is -2.42. The number of aromatic amines is 2. The topological polar surface area (TPSA) is 201 Å². The van der Waals surface area contributed by atoms with Crippen molar-refractivity contribution < 1.29 is 18.6 Å². The van der Waals surface area contributed by atoms with E-state index in [9.17, 15) is 4.79 Å². The minimum Gasteiger partial charge on any atom is -0.444 e. The summed E-state index contributed by atoms with van der Waals surface area (Å²) < 4.78 is 16.4. The molecule has 8 aromatic rings. The van der Waals surface area contributed by atoms with Crippen LogP contribution in [-0.4, -0.2) is 93.1 Å². The van der Waals surface area contributed by atoms with Crippen molar-refractivity contribution in [2.45, 2.75) is 143 Å². The predicted molar refractivity (Wildman–Crippen MR) is 267 cm³/mol. The average molecular weight is 929 g/mol. The van der Waals surface area contributed by atoms with Crippen molar-refractivity contribution in [2.75, 3.05) is 10.6 Å². The van der Waals surface area contributed by atoms with Crippen LogP contribution in [0.2, 0.25) is 0 Å². The number of nitrogens with zero attached hydrogens (tertiary/aromatic N) is 7. The number of carbonyl (C=O) groups is 1. The quantitative estimate of drug-likeness (QED) is 0.0965. The summed E-state index contributed by atoms with van der Waals surface area (Å²) in [5.41, 5.74) is 13.6. The summed E-state index contributed by atoms with van der Waals surface area (Å²) in [6, 6.07) is 14.7. The molecule has 12 rings (SSSR count). The van der Waals surface area contributed by atoms with Crippen LogP contribution in [0.1, 0.15) is 93.3 Å². The molecule has 10 heterocycles. The van der Waals surface area contributed by atoms with Crippen LogP contribution in [-0.2, 0) is 4.74 Å². The van der Waals surface area contributed by atoms with E-state index in [0.29, 0.717) is 30.0 Å². The maximum absolute atomic E-state index is 12.9. The SMILES string of the molecule is Cc1cnc(N[C@@H]2C[C@@H]3CC[C@H]2N3)nc1-c1c[nH]c2cc(-c3c(C)noc3C)ccc12.Cc1cnc(N[C@@H]2C[C@@H]3CC[C@H]2N3C(=O)OC(C)(C)C)nc1-c1c[nH]c2cc(-c3c(C)noc3C)ccc12. The fraction of sp³-hybridized carbons (Fsp3) is 0.415. The molecule has 5 N–H and O–H groups in total. The van der Waals surface area contributed by atoms with E-state index in [4.69, 9.17) is 23.8 Å². The molecule has 4 saturated heterocycles. The number of aryl methyl sites for hydroxylation is 6. The van der Waals surface area contributed by atoms with Crippen LogP contribution in [0.15, 0.2) is 70.2 Å². The second-order valence-electron chi connectivity index (χ2n) is 20.5. The molecule has 1 amide bonds. The number of benzene rings is 2. The molecule has 0 radical (unpaired) electrons. The van der Waals surface area contributed by atoms with Gasteiger partial charge in [-0.25, -0.2) is 24.7 Å². The third kappa shape index (κ3) is 8.27. The van der Waals surface area contributed by atoms with Crippen LogP contribution >= 0.6 is 0 Å². The number of nitrogens with one attached hydrogen (secondary N) is 5. The van der Waals surface area contributed by atoms with Crippen molar-refractivity contribution in [1.82, 2.24) is 50.4 Å². The normalized spacial score (nSPS) is 21.6. The van der Waals surface area contributed by atoms with Crippen LogP contribution < -0.4 is 16.0 Å². The van der Waals surface area contributed by atoms with Gasteiger partial charge in [0, 0.05) is 93.0 Å². The fourth-order valence-corrected chi connectivity index (χ4v) is 11.4. The molecule has 6 atom stereocenters. The van der Waals surface area contributed by atoms with E-state index in [2.05, 4.69) is 89.5 Å². The number of rotatable bonds is 8.